The smallest absolute Gasteiger partial charge is 0.434 e. The summed E-state index contributed by atoms with van der Waals surface area (Å²) in [5.41, 5.74) is 0.471. The Kier molecular flexibility index (Phi) is 8.28. The number of amides is 1. The maximum absolute atomic E-state index is 12.2. The lowest BCUT2D eigenvalue weighted by Gasteiger charge is -2.26. The average Bonchev–Trinajstić information content (AvgIpc) is 2.45. The molecule has 1 aromatic rings. The van der Waals surface area contributed by atoms with Crippen molar-refractivity contribution in [2.24, 2.45) is 0 Å². The molecule has 0 aliphatic heterocycles. The minimum atomic E-state index is -0.540. The molecule has 0 saturated heterocycles. The number of benzene rings is 1. The van der Waals surface area contributed by atoms with Gasteiger partial charge < -0.3 is 4.74 Å². The van der Waals surface area contributed by atoms with Gasteiger partial charge in [0.25, 0.3) is 0 Å². The van der Waals surface area contributed by atoms with Crippen molar-refractivity contribution in [3.63, 3.8) is 0 Å². The van der Waals surface area contributed by atoms with Gasteiger partial charge in [0.05, 0.1) is 6.54 Å². The highest BCUT2D eigenvalue weighted by molar-refractivity contribution is 6.17. The minimum Gasteiger partial charge on any atom is -0.442 e. The molecular formula is C17H26ClNO3. The molecule has 0 atom stereocenters. The van der Waals surface area contributed by atoms with Crippen molar-refractivity contribution in [3.05, 3.63) is 35.9 Å². The van der Waals surface area contributed by atoms with Gasteiger partial charge in [-0.2, -0.15) is 5.06 Å². The highest BCUT2D eigenvalue weighted by Gasteiger charge is 2.22. The molecule has 124 valence electrons. The van der Waals surface area contributed by atoms with Crippen LogP contribution in [-0.2, 0) is 16.2 Å². The molecule has 0 saturated carbocycles. The van der Waals surface area contributed by atoms with Crippen LogP contribution >= 0.6 is 11.6 Å². The lowest BCUT2D eigenvalue weighted by atomic mass is 10.2. The first-order valence-electron chi connectivity index (χ1n) is 7.65. The largest absolute Gasteiger partial charge is 0.442 e. The number of nitrogens with zero attached hydrogens (tertiary/aromatic N) is 1. The van der Waals surface area contributed by atoms with E-state index < -0.39 is 11.7 Å². The summed E-state index contributed by atoms with van der Waals surface area (Å²) in [6.45, 7) is 6.36. The van der Waals surface area contributed by atoms with E-state index in [2.05, 4.69) is 0 Å². The van der Waals surface area contributed by atoms with Crippen molar-refractivity contribution < 1.29 is 14.4 Å². The molecule has 0 heterocycles. The zero-order valence-corrected chi connectivity index (χ0v) is 14.4. The molecule has 0 aliphatic rings. The molecule has 1 aromatic carbocycles. The van der Waals surface area contributed by atoms with Crippen LogP contribution in [0.1, 0.15) is 45.6 Å². The molecule has 0 N–H and O–H groups in total. The van der Waals surface area contributed by atoms with Gasteiger partial charge in [-0.05, 0) is 39.2 Å². The van der Waals surface area contributed by atoms with Crippen molar-refractivity contribution in [1.82, 2.24) is 5.06 Å². The Hall–Kier alpha value is -1.26. The molecule has 0 spiro atoms. The van der Waals surface area contributed by atoms with E-state index in [9.17, 15) is 4.79 Å². The van der Waals surface area contributed by atoms with Crippen LogP contribution < -0.4 is 0 Å². The minimum absolute atomic E-state index is 0.343. The lowest BCUT2D eigenvalue weighted by molar-refractivity contribution is -0.156. The summed E-state index contributed by atoms with van der Waals surface area (Å²) in [6.07, 6.45) is 2.27. The summed E-state index contributed by atoms with van der Waals surface area (Å²) in [5.74, 6) is 0.636. The van der Waals surface area contributed by atoms with E-state index in [1.165, 1.54) is 5.06 Å². The lowest BCUT2D eigenvalue weighted by Crippen LogP contribution is -2.37. The summed E-state index contributed by atoms with van der Waals surface area (Å²) >= 11 is 5.67. The first-order chi connectivity index (χ1) is 10.4. The molecule has 0 unspecified atom stereocenters. The van der Waals surface area contributed by atoms with Crippen LogP contribution in [0, 0.1) is 0 Å². The first kappa shape index (κ1) is 18.8. The molecule has 4 nitrogen and oxygen atoms in total. The van der Waals surface area contributed by atoms with Gasteiger partial charge in [0.2, 0.25) is 0 Å². The average molecular weight is 328 g/mol. The highest BCUT2D eigenvalue weighted by Crippen LogP contribution is 2.13. The second kappa shape index (κ2) is 9.70. The highest BCUT2D eigenvalue weighted by atomic mass is 35.5. The molecule has 1 rings (SSSR count). The van der Waals surface area contributed by atoms with E-state index in [0.717, 1.165) is 24.8 Å². The second-order valence-electron chi connectivity index (χ2n) is 6.09. The maximum Gasteiger partial charge on any atom is 0.434 e. The molecule has 0 aliphatic carbocycles. The van der Waals surface area contributed by atoms with Gasteiger partial charge in [0.1, 0.15) is 12.2 Å². The summed E-state index contributed by atoms with van der Waals surface area (Å²) in [4.78, 5) is 17.8. The van der Waals surface area contributed by atoms with Gasteiger partial charge in [0.15, 0.2) is 0 Å². The normalized spacial score (nSPS) is 11.3. The second-order valence-corrected chi connectivity index (χ2v) is 6.47. The zero-order chi connectivity index (χ0) is 16.4. The van der Waals surface area contributed by atoms with E-state index in [4.69, 9.17) is 21.2 Å². The first-order valence-corrected chi connectivity index (χ1v) is 8.19. The topological polar surface area (TPSA) is 38.8 Å². The molecule has 5 heteroatoms. The third-order valence-corrected chi connectivity index (χ3v) is 3.09. The zero-order valence-electron chi connectivity index (χ0n) is 13.7. The Morgan fingerprint density at radius 2 is 1.82 bits per heavy atom. The van der Waals surface area contributed by atoms with Crippen LogP contribution in [0.25, 0.3) is 0 Å². The molecule has 0 bridgehead atoms. The van der Waals surface area contributed by atoms with Crippen molar-refractivity contribution in [1.29, 1.82) is 0 Å². The number of hydrogen-bond acceptors (Lipinski definition) is 3. The number of carbonyl (C=O) groups excluding carboxylic acids is 1. The molecule has 0 aromatic heterocycles. The Morgan fingerprint density at radius 3 is 2.41 bits per heavy atom. The van der Waals surface area contributed by atoms with Crippen molar-refractivity contribution >= 4 is 17.7 Å². The van der Waals surface area contributed by atoms with Gasteiger partial charge in [-0.25, -0.2) is 4.79 Å². The van der Waals surface area contributed by atoms with Gasteiger partial charge in [-0.15, -0.1) is 11.6 Å². The van der Waals surface area contributed by atoms with E-state index >= 15 is 0 Å². The number of carbonyl (C=O) groups is 1. The summed E-state index contributed by atoms with van der Waals surface area (Å²) in [6, 6.07) is 9.75. The predicted molar refractivity (Wildman–Crippen MR) is 88.7 cm³/mol. The fourth-order valence-electron chi connectivity index (χ4n) is 1.77. The molecule has 0 fully saturated rings. The molecule has 1 amide bonds. The molecular weight excluding hydrogens is 302 g/mol. The van der Waals surface area contributed by atoms with Crippen LogP contribution in [-0.4, -0.2) is 29.2 Å². The Labute approximate surface area is 138 Å². The van der Waals surface area contributed by atoms with E-state index in [1.54, 1.807) is 0 Å². The van der Waals surface area contributed by atoms with Crippen LogP contribution in [0.3, 0.4) is 0 Å². The number of unbranched alkanes of at least 4 members (excludes halogenated alkanes) is 2. The number of rotatable bonds is 8. The third-order valence-electron chi connectivity index (χ3n) is 2.82. The van der Waals surface area contributed by atoms with Gasteiger partial charge in [0, 0.05) is 5.88 Å². The Bertz CT molecular complexity index is 431. The number of halogens is 1. The quantitative estimate of drug-likeness (QED) is 0.392. The van der Waals surface area contributed by atoms with Crippen LogP contribution in [0.5, 0.6) is 0 Å². The van der Waals surface area contributed by atoms with Crippen molar-refractivity contribution in [2.45, 2.75) is 52.2 Å². The standard InChI is InChI=1S/C17H26ClNO3/c1-17(2,3)22-16(20)19(13-9-5-8-12-18)21-14-15-10-6-4-7-11-15/h4,6-7,10-11H,5,8-9,12-14H2,1-3H3. The van der Waals surface area contributed by atoms with Crippen LogP contribution in [0.15, 0.2) is 30.3 Å². The fourth-order valence-corrected chi connectivity index (χ4v) is 1.96. The summed E-state index contributed by atoms with van der Waals surface area (Å²) in [7, 11) is 0. The Balaban J connectivity index is 2.54. The number of ether oxygens (including phenoxy) is 1. The fraction of sp³-hybridized carbons (Fsp3) is 0.588. The monoisotopic (exact) mass is 327 g/mol. The molecule has 0 radical (unpaired) electrons. The van der Waals surface area contributed by atoms with E-state index in [1.807, 2.05) is 51.1 Å². The van der Waals surface area contributed by atoms with Crippen LogP contribution in [0.2, 0.25) is 0 Å². The van der Waals surface area contributed by atoms with E-state index in [0.29, 0.717) is 19.0 Å². The number of hydrogen-bond donors (Lipinski definition) is 0. The van der Waals surface area contributed by atoms with Crippen molar-refractivity contribution in [2.75, 3.05) is 12.4 Å². The maximum atomic E-state index is 12.2. The van der Waals surface area contributed by atoms with Gasteiger partial charge in [-0.1, -0.05) is 36.8 Å². The van der Waals surface area contributed by atoms with Crippen LogP contribution in [0.4, 0.5) is 4.79 Å². The predicted octanol–water partition coefficient (Wildman–Crippen LogP) is 4.76. The van der Waals surface area contributed by atoms with Crippen molar-refractivity contribution in [3.8, 4) is 0 Å². The number of alkyl halides is 1. The third kappa shape index (κ3) is 8.25. The van der Waals surface area contributed by atoms with Gasteiger partial charge in [-0.3, -0.25) is 4.84 Å². The van der Waals surface area contributed by atoms with Gasteiger partial charge >= 0.3 is 6.09 Å². The molecule has 22 heavy (non-hydrogen) atoms. The van der Waals surface area contributed by atoms with E-state index in [-0.39, 0.29) is 0 Å². The Morgan fingerprint density at radius 1 is 1.14 bits per heavy atom. The number of hydroxylamine groups is 2. The SMILES string of the molecule is CC(C)(C)OC(=O)N(CCCCCCl)OCc1ccccc1. The summed E-state index contributed by atoms with van der Waals surface area (Å²) in [5, 5.41) is 1.31. The summed E-state index contributed by atoms with van der Waals surface area (Å²) < 4.78 is 5.38.